The third kappa shape index (κ3) is 3.60. The first-order chi connectivity index (χ1) is 12.3. The average molecular weight is 381 g/mol. The van der Waals surface area contributed by atoms with E-state index in [1.165, 1.54) is 6.07 Å². The summed E-state index contributed by atoms with van der Waals surface area (Å²) in [6, 6.07) is 22.8. The molecule has 0 atom stereocenters. The molecule has 0 unspecified atom stereocenters. The van der Waals surface area contributed by atoms with Crippen molar-refractivity contribution < 1.29 is 22.0 Å². The van der Waals surface area contributed by atoms with Crippen molar-refractivity contribution in [1.82, 2.24) is 0 Å². The third-order valence-electron chi connectivity index (χ3n) is 3.75. The van der Waals surface area contributed by atoms with Crippen LogP contribution in [0.3, 0.4) is 0 Å². The van der Waals surface area contributed by atoms with Gasteiger partial charge in [0, 0.05) is 11.6 Å². The summed E-state index contributed by atoms with van der Waals surface area (Å²) in [5, 5.41) is 0. The summed E-state index contributed by atoms with van der Waals surface area (Å²) < 4.78 is 65.8. The van der Waals surface area contributed by atoms with Gasteiger partial charge in [-0.25, -0.2) is 0 Å². The molecule has 0 amide bonds. The van der Waals surface area contributed by atoms with E-state index in [9.17, 15) is 22.0 Å². The fourth-order valence-corrected chi connectivity index (χ4v) is 4.64. The van der Waals surface area contributed by atoms with E-state index < -0.39 is 28.6 Å². The zero-order valence-corrected chi connectivity index (χ0v) is 14.2. The fraction of sp³-hybridized carbons (Fsp3) is 0.100. The van der Waals surface area contributed by atoms with Gasteiger partial charge in [-0.05, 0) is 30.3 Å². The van der Waals surface area contributed by atoms with Gasteiger partial charge >= 0.3 is 12.1 Å². The Morgan fingerprint density at radius 1 is 0.538 bits per heavy atom. The molecule has 0 aliphatic rings. The Hall–Kier alpha value is -2.34. The predicted molar refractivity (Wildman–Crippen MR) is 91.4 cm³/mol. The lowest BCUT2D eigenvalue weighted by molar-refractivity contribution is -0.289. The number of hydrogen-bond donors (Lipinski definition) is 0. The molecule has 0 N–H and O–H groups in total. The zero-order chi connectivity index (χ0) is 18.8. The molecular formula is C20H14F5S+. The van der Waals surface area contributed by atoms with Gasteiger partial charge in [-0.1, -0.05) is 48.5 Å². The van der Waals surface area contributed by atoms with Crippen molar-refractivity contribution in [3.63, 3.8) is 0 Å². The van der Waals surface area contributed by atoms with Crippen molar-refractivity contribution in [2.24, 2.45) is 0 Å². The number of alkyl halides is 5. The Bertz CT molecular complexity index is 821. The van der Waals surface area contributed by atoms with Crippen LogP contribution in [0.15, 0.2) is 99.6 Å². The van der Waals surface area contributed by atoms with E-state index in [1.54, 1.807) is 6.07 Å². The maximum Gasteiger partial charge on any atom is 0.458 e. The minimum atomic E-state index is -5.64. The van der Waals surface area contributed by atoms with E-state index in [1.807, 2.05) is 60.7 Å². The first-order valence-electron chi connectivity index (χ1n) is 7.70. The van der Waals surface area contributed by atoms with Gasteiger partial charge in [0.1, 0.15) is 0 Å². The minimum Gasteiger partial charge on any atom is -0.191 e. The van der Waals surface area contributed by atoms with Crippen molar-refractivity contribution in [2.75, 3.05) is 0 Å². The topological polar surface area (TPSA) is 0 Å². The number of rotatable bonds is 4. The van der Waals surface area contributed by atoms with Crippen molar-refractivity contribution in [3.05, 3.63) is 90.5 Å². The summed E-state index contributed by atoms with van der Waals surface area (Å²) >= 11 is 0. The average Bonchev–Trinajstić information content (AvgIpc) is 2.63. The zero-order valence-electron chi connectivity index (χ0n) is 13.4. The van der Waals surface area contributed by atoms with Gasteiger partial charge in [-0.3, -0.25) is 0 Å². The third-order valence-corrected chi connectivity index (χ3v) is 5.96. The van der Waals surface area contributed by atoms with E-state index in [-0.39, 0.29) is 0 Å². The molecule has 0 heterocycles. The van der Waals surface area contributed by atoms with E-state index in [2.05, 4.69) is 0 Å². The van der Waals surface area contributed by atoms with Gasteiger partial charge in [0.15, 0.2) is 14.7 Å². The van der Waals surface area contributed by atoms with Gasteiger partial charge in [0.05, 0.1) is 10.9 Å². The van der Waals surface area contributed by atoms with Crippen LogP contribution in [0.4, 0.5) is 22.0 Å². The second kappa shape index (κ2) is 7.11. The van der Waals surface area contributed by atoms with Gasteiger partial charge in [0.2, 0.25) is 0 Å². The molecule has 26 heavy (non-hydrogen) atoms. The van der Waals surface area contributed by atoms with Gasteiger partial charge in [-0.15, -0.1) is 0 Å². The molecule has 0 saturated heterocycles. The quantitative estimate of drug-likeness (QED) is 0.361. The summed E-state index contributed by atoms with van der Waals surface area (Å²) in [5.74, 6) is -4.90. The van der Waals surface area contributed by atoms with E-state index in [4.69, 9.17) is 0 Å². The maximum atomic E-state index is 13.8. The molecule has 6 heteroatoms. The largest absolute Gasteiger partial charge is 0.458 e. The molecular weight excluding hydrogens is 367 g/mol. The Labute approximate surface area is 150 Å². The highest BCUT2D eigenvalue weighted by Gasteiger charge is 2.59. The van der Waals surface area contributed by atoms with Gasteiger partial charge in [0.25, 0.3) is 0 Å². The Balaban J connectivity index is 2.13. The van der Waals surface area contributed by atoms with Crippen LogP contribution in [0.2, 0.25) is 0 Å². The summed E-state index contributed by atoms with van der Waals surface area (Å²) in [6.07, 6.45) is -5.64. The summed E-state index contributed by atoms with van der Waals surface area (Å²) in [6.45, 7) is 0. The van der Waals surface area contributed by atoms with Crippen LogP contribution in [-0.2, 0) is 16.8 Å². The molecule has 0 spiro atoms. The molecule has 0 aliphatic carbocycles. The lowest BCUT2D eigenvalue weighted by Crippen LogP contribution is -2.33. The van der Waals surface area contributed by atoms with Crippen molar-refractivity contribution in [2.45, 2.75) is 26.8 Å². The summed E-state index contributed by atoms with van der Waals surface area (Å²) in [4.78, 5) is 2.08. The lowest BCUT2D eigenvalue weighted by atomic mass is 10.1. The van der Waals surface area contributed by atoms with Crippen molar-refractivity contribution in [3.8, 4) is 0 Å². The standard InChI is InChI=1S/C20H14F5S/c21-19(22,20(23,24)25)15-8-7-13-18(14-15)26(16-9-3-1-4-10-16)17-11-5-2-6-12-17/h1-14H/q+1. The predicted octanol–water partition coefficient (Wildman–Crippen LogP) is 6.44. The highest BCUT2D eigenvalue weighted by atomic mass is 32.2. The molecule has 3 aromatic rings. The van der Waals surface area contributed by atoms with Crippen LogP contribution >= 0.6 is 0 Å². The molecule has 0 aliphatic heterocycles. The van der Waals surface area contributed by atoms with Crippen molar-refractivity contribution in [1.29, 1.82) is 0 Å². The van der Waals surface area contributed by atoms with E-state index >= 15 is 0 Å². The molecule has 0 nitrogen and oxygen atoms in total. The molecule has 0 bridgehead atoms. The van der Waals surface area contributed by atoms with E-state index in [0.29, 0.717) is 4.90 Å². The molecule has 0 radical (unpaired) electrons. The lowest BCUT2D eigenvalue weighted by Gasteiger charge is -2.20. The molecule has 0 fully saturated rings. The molecule has 0 aromatic heterocycles. The van der Waals surface area contributed by atoms with Crippen LogP contribution < -0.4 is 0 Å². The van der Waals surface area contributed by atoms with Crippen LogP contribution in [-0.4, -0.2) is 6.18 Å². The molecule has 3 rings (SSSR count). The second-order valence-electron chi connectivity index (χ2n) is 5.53. The Kier molecular flexibility index (Phi) is 5.05. The maximum absolute atomic E-state index is 13.8. The second-order valence-corrected chi connectivity index (χ2v) is 7.56. The fourth-order valence-electron chi connectivity index (χ4n) is 2.50. The number of halogens is 5. The van der Waals surface area contributed by atoms with Crippen LogP contribution in [0.1, 0.15) is 5.56 Å². The monoisotopic (exact) mass is 381 g/mol. The number of hydrogen-bond acceptors (Lipinski definition) is 0. The van der Waals surface area contributed by atoms with Gasteiger partial charge in [-0.2, -0.15) is 22.0 Å². The summed E-state index contributed by atoms with van der Waals surface area (Å²) in [7, 11) is -0.787. The van der Waals surface area contributed by atoms with Crippen LogP contribution in [0.5, 0.6) is 0 Å². The van der Waals surface area contributed by atoms with Crippen molar-refractivity contribution >= 4 is 10.9 Å². The van der Waals surface area contributed by atoms with Crippen LogP contribution in [0.25, 0.3) is 0 Å². The number of benzene rings is 3. The van der Waals surface area contributed by atoms with Gasteiger partial charge < -0.3 is 0 Å². The van der Waals surface area contributed by atoms with E-state index in [0.717, 1.165) is 21.9 Å². The first-order valence-corrected chi connectivity index (χ1v) is 8.92. The highest BCUT2D eigenvalue weighted by Crippen LogP contribution is 2.45. The smallest absolute Gasteiger partial charge is 0.191 e. The van der Waals surface area contributed by atoms with Crippen LogP contribution in [0, 0.1) is 0 Å². The Morgan fingerprint density at radius 3 is 1.46 bits per heavy atom. The minimum absolute atomic E-state index is 0.406. The Morgan fingerprint density at radius 2 is 1.00 bits per heavy atom. The highest BCUT2D eigenvalue weighted by molar-refractivity contribution is 7.97. The SMILES string of the molecule is FC(F)(F)C(F)(F)c1cccc([S+](c2ccccc2)c2ccccc2)c1. The molecule has 0 saturated carbocycles. The molecule has 134 valence electrons. The normalized spacial score (nSPS) is 12.4. The molecule has 3 aromatic carbocycles. The first kappa shape index (κ1) is 18.5. The summed E-state index contributed by atoms with van der Waals surface area (Å²) in [5.41, 5.74) is -1.05.